The van der Waals surface area contributed by atoms with Crippen LogP contribution in [0.4, 0.5) is 0 Å². The summed E-state index contributed by atoms with van der Waals surface area (Å²) in [4.78, 5) is 12.7. The van der Waals surface area contributed by atoms with Crippen molar-refractivity contribution in [3.05, 3.63) is 93.6 Å². The predicted molar refractivity (Wildman–Crippen MR) is 108 cm³/mol. The standard InChI is InChI=1S/C22H16ClNO3/c23-17-9-5-4-8-15(17)18-11-20(25)16-10-21(26)22(27)12-19(16)24(18)13-14-6-2-1-3-7-14/h1-12,26-27H,13H2. The lowest BCUT2D eigenvalue weighted by Gasteiger charge is -2.18. The second kappa shape index (κ2) is 6.82. The van der Waals surface area contributed by atoms with Crippen LogP contribution in [0, 0.1) is 0 Å². The first-order valence-electron chi connectivity index (χ1n) is 8.43. The Hall–Kier alpha value is -3.24. The highest BCUT2D eigenvalue weighted by atomic mass is 35.5. The molecule has 0 fully saturated rings. The number of pyridine rings is 1. The monoisotopic (exact) mass is 377 g/mol. The molecule has 4 rings (SSSR count). The Kier molecular flexibility index (Phi) is 4.34. The van der Waals surface area contributed by atoms with Crippen LogP contribution in [0.25, 0.3) is 22.2 Å². The van der Waals surface area contributed by atoms with Gasteiger partial charge in [-0.1, -0.05) is 60.1 Å². The number of phenolic OH excluding ortho intramolecular Hbond substituents is 2. The average Bonchev–Trinajstić information content (AvgIpc) is 2.67. The van der Waals surface area contributed by atoms with E-state index in [-0.39, 0.29) is 16.9 Å². The number of rotatable bonds is 3. The van der Waals surface area contributed by atoms with Gasteiger partial charge in [0.25, 0.3) is 0 Å². The molecule has 0 radical (unpaired) electrons. The van der Waals surface area contributed by atoms with Crippen LogP contribution in [0.5, 0.6) is 11.5 Å². The Morgan fingerprint density at radius 1 is 0.852 bits per heavy atom. The molecule has 0 aliphatic heterocycles. The molecule has 0 bridgehead atoms. The highest BCUT2D eigenvalue weighted by Gasteiger charge is 2.15. The van der Waals surface area contributed by atoms with E-state index < -0.39 is 0 Å². The zero-order chi connectivity index (χ0) is 19.0. The molecule has 4 nitrogen and oxygen atoms in total. The molecule has 27 heavy (non-hydrogen) atoms. The lowest BCUT2D eigenvalue weighted by Crippen LogP contribution is -2.13. The number of halogens is 1. The van der Waals surface area contributed by atoms with Gasteiger partial charge in [-0.05, 0) is 17.7 Å². The van der Waals surface area contributed by atoms with Crippen LogP contribution in [-0.2, 0) is 6.54 Å². The maximum atomic E-state index is 12.7. The summed E-state index contributed by atoms with van der Waals surface area (Å²) in [6.45, 7) is 0.475. The van der Waals surface area contributed by atoms with Crippen molar-refractivity contribution in [3.8, 4) is 22.8 Å². The molecule has 0 spiro atoms. The third-order valence-corrected chi connectivity index (χ3v) is 4.87. The van der Waals surface area contributed by atoms with E-state index in [4.69, 9.17) is 11.6 Å². The van der Waals surface area contributed by atoms with E-state index in [0.717, 1.165) is 11.1 Å². The normalized spacial score (nSPS) is 11.0. The van der Waals surface area contributed by atoms with Gasteiger partial charge in [0, 0.05) is 34.6 Å². The van der Waals surface area contributed by atoms with Crippen LogP contribution < -0.4 is 5.43 Å². The second-order valence-corrected chi connectivity index (χ2v) is 6.71. The third kappa shape index (κ3) is 3.15. The lowest BCUT2D eigenvalue weighted by atomic mass is 10.1. The fourth-order valence-corrected chi connectivity index (χ4v) is 3.46. The molecule has 2 N–H and O–H groups in total. The minimum absolute atomic E-state index is 0.250. The quantitative estimate of drug-likeness (QED) is 0.505. The van der Waals surface area contributed by atoms with E-state index in [0.29, 0.717) is 28.2 Å². The van der Waals surface area contributed by atoms with Crippen LogP contribution in [0.2, 0.25) is 5.02 Å². The maximum absolute atomic E-state index is 12.7. The number of phenols is 2. The average molecular weight is 378 g/mol. The van der Waals surface area contributed by atoms with Crippen molar-refractivity contribution in [2.75, 3.05) is 0 Å². The molecule has 0 saturated heterocycles. The first kappa shape index (κ1) is 17.2. The molecular weight excluding hydrogens is 362 g/mol. The molecule has 3 aromatic carbocycles. The summed E-state index contributed by atoms with van der Waals surface area (Å²) in [6, 6.07) is 21.3. The highest BCUT2D eigenvalue weighted by Crippen LogP contribution is 2.33. The van der Waals surface area contributed by atoms with Crippen LogP contribution in [-0.4, -0.2) is 14.8 Å². The fraction of sp³-hybridized carbons (Fsp3) is 0.0455. The zero-order valence-electron chi connectivity index (χ0n) is 14.3. The Morgan fingerprint density at radius 2 is 1.52 bits per heavy atom. The molecule has 5 heteroatoms. The number of nitrogens with zero attached hydrogens (tertiary/aromatic N) is 1. The molecule has 0 atom stereocenters. The molecule has 0 saturated carbocycles. The molecule has 1 heterocycles. The van der Waals surface area contributed by atoms with Gasteiger partial charge in [0.1, 0.15) is 0 Å². The molecule has 0 aliphatic rings. The van der Waals surface area contributed by atoms with E-state index >= 15 is 0 Å². The van der Waals surface area contributed by atoms with E-state index in [2.05, 4.69) is 0 Å². The minimum Gasteiger partial charge on any atom is -0.504 e. The van der Waals surface area contributed by atoms with Crippen LogP contribution in [0.3, 0.4) is 0 Å². The van der Waals surface area contributed by atoms with Crippen molar-refractivity contribution < 1.29 is 10.2 Å². The van der Waals surface area contributed by atoms with Gasteiger partial charge in [-0.25, -0.2) is 0 Å². The van der Waals surface area contributed by atoms with Crippen molar-refractivity contribution in [2.45, 2.75) is 6.54 Å². The molecule has 0 unspecified atom stereocenters. The predicted octanol–water partition coefficient (Wildman–Crippen LogP) is 4.78. The Balaban J connectivity index is 2.07. The van der Waals surface area contributed by atoms with Crippen LogP contribution >= 0.6 is 11.6 Å². The Bertz CT molecular complexity index is 1200. The maximum Gasteiger partial charge on any atom is 0.190 e. The third-order valence-electron chi connectivity index (χ3n) is 4.54. The number of hydrogen-bond acceptors (Lipinski definition) is 3. The lowest BCUT2D eigenvalue weighted by molar-refractivity contribution is 0.404. The molecule has 0 amide bonds. The SMILES string of the molecule is O=c1cc(-c2ccccc2Cl)n(Cc2ccccc2)c2cc(O)c(O)cc12. The van der Waals surface area contributed by atoms with Gasteiger partial charge < -0.3 is 14.8 Å². The molecule has 1 aromatic heterocycles. The number of hydrogen-bond donors (Lipinski definition) is 2. The van der Waals surface area contributed by atoms with E-state index in [9.17, 15) is 15.0 Å². The van der Waals surface area contributed by atoms with Crippen molar-refractivity contribution >= 4 is 22.5 Å². The van der Waals surface area contributed by atoms with Gasteiger partial charge in [-0.15, -0.1) is 0 Å². The van der Waals surface area contributed by atoms with Crippen LogP contribution in [0.1, 0.15) is 5.56 Å². The van der Waals surface area contributed by atoms with Gasteiger partial charge in [-0.2, -0.15) is 0 Å². The largest absolute Gasteiger partial charge is 0.504 e. The van der Waals surface area contributed by atoms with Gasteiger partial charge in [-0.3, -0.25) is 4.79 Å². The molecule has 0 aliphatic carbocycles. The summed E-state index contributed by atoms with van der Waals surface area (Å²) in [5, 5.41) is 20.7. The van der Waals surface area contributed by atoms with Crippen molar-refractivity contribution in [3.63, 3.8) is 0 Å². The summed E-state index contributed by atoms with van der Waals surface area (Å²) in [5.41, 5.74) is 2.67. The van der Waals surface area contributed by atoms with Gasteiger partial charge in [0.2, 0.25) is 0 Å². The number of benzene rings is 3. The molecular formula is C22H16ClNO3. The minimum atomic E-state index is -0.323. The van der Waals surface area contributed by atoms with Crippen molar-refractivity contribution in [1.82, 2.24) is 4.57 Å². The second-order valence-electron chi connectivity index (χ2n) is 6.30. The van der Waals surface area contributed by atoms with E-state index in [1.807, 2.05) is 53.1 Å². The first-order chi connectivity index (χ1) is 13.0. The summed E-state index contributed by atoms with van der Waals surface area (Å²) in [5.74, 6) is -0.601. The topological polar surface area (TPSA) is 62.5 Å². The fourth-order valence-electron chi connectivity index (χ4n) is 3.22. The van der Waals surface area contributed by atoms with E-state index in [1.165, 1.54) is 18.2 Å². The number of fused-ring (bicyclic) bond motifs is 1. The van der Waals surface area contributed by atoms with Gasteiger partial charge in [0.05, 0.1) is 11.2 Å². The first-order valence-corrected chi connectivity index (χ1v) is 8.81. The zero-order valence-corrected chi connectivity index (χ0v) is 15.0. The van der Waals surface area contributed by atoms with Gasteiger partial charge >= 0.3 is 0 Å². The van der Waals surface area contributed by atoms with E-state index in [1.54, 1.807) is 6.07 Å². The smallest absolute Gasteiger partial charge is 0.190 e. The summed E-state index contributed by atoms with van der Waals surface area (Å²) >= 11 is 6.39. The van der Waals surface area contributed by atoms with Crippen molar-refractivity contribution in [1.29, 1.82) is 0 Å². The van der Waals surface area contributed by atoms with Crippen molar-refractivity contribution in [2.24, 2.45) is 0 Å². The van der Waals surface area contributed by atoms with Gasteiger partial charge in [0.15, 0.2) is 16.9 Å². The summed E-state index contributed by atoms with van der Waals surface area (Å²) in [7, 11) is 0. The molecule has 134 valence electrons. The summed E-state index contributed by atoms with van der Waals surface area (Å²) < 4.78 is 1.92. The number of aromatic hydroxyl groups is 2. The van der Waals surface area contributed by atoms with Crippen LogP contribution in [0.15, 0.2) is 77.6 Å². The Morgan fingerprint density at radius 3 is 2.26 bits per heavy atom. The summed E-state index contributed by atoms with van der Waals surface area (Å²) in [6.07, 6.45) is 0. The highest BCUT2D eigenvalue weighted by molar-refractivity contribution is 6.33. The molecule has 4 aromatic rings. The number of aromatic nitrogens is 1. The Labute approximate surface area is 160 Å².